The normalized spacial score (nSPS) is 12.1. The number of carbonyl (C=O) groups is 1. The van der Waals surface area contributed by atoms with Crippen LogP contribution in [0.25, 0.3) is 22.2 Å². The minimum absolute atomic E-state index is 0.186. The van der Waals surface area contributed by atoms with Crippen LogP contribution in [-0.4, -0.2) is 42.7 Å². The Morgan fingerprint density at radius 1 is 0.969 bits per heavy atom. The topological polar surface area (TPSA) is 43.7 Å². The molecule has 172 valence electrons. The second kappa shape index (κ2) is 10.6. The van der Waals surface area contributed by atoms with Crippen LogP contribution in [0.4, 0.5) is 0 Å². The van der Waals surface area contributed by atoms with Gasteiger partial charge in [-0.3, -0.25) is 4.79 Å². The van der Waals surface area contributed by atoms with Gasteiger partial charge in [-0.15, -0.1) is 0 Å². The summed E-state index contributed by atoms with van der Waals surface area (Å²) in [5, 5.41) is 1.11. The molecule has 0 aliphatic heterocycles. The van der Waals surface area contributed by atoms with E-state index in [1.807, 2.05) is 36.9 Å². The van der Waals surface area contributed by atoms with Crippen molar-refractivity contribution in [1.82, 2.24) is 9.47 Å². The number of aromatic nitrogens is 1. The van der Waals surface area contributed by atoms with Gasteiger partial charge in [0.25, 0.3) is 0 Å². The van der Waals surface area contributed by atoms with E-state index in [1.165, 1.54) is 0 Å². The van der Waals surface area contributed by atoms with Crippen LogP contribution in [0.15, 0.2) is 42.5 Å². The lowest BCUT2D eigenvalue weighted by Crippen LogP contribution is -2.37. The second-order valence-electron chi connectivity index (χ2n) is 8.12. The van der Waals surface area contributed by atoms with Gasteiger partial charge >= 0.3 is 0 Å². The van der Waals surface area contributed by atoms with E-state index in [-0.39, 0.29) is 11.9 Å². The van der Waals surface area contributed by atoms with Crippen molar-refractivity contribution in [3.63, 3.8) is 0 Å². The zero-order chi connectivity index (χ0) is 23.3. The third kappa shape index (κ3) is 4.47. The molecule has 5 heteroatoms. The molecular weight excluding hydrogens is 400 g/mol. The maximum absolute atomic E-state index is 13.7. The van der Waals surface area contributed by atoms with Crippen molar-refractivity contribution in [3.8, 4) is 22.8 Å². The van der Waals surface area contributed by atoms with E-state index < -0.39 is 0 Å². The molecule has 1 heterocycles. The molecule has 3 aromatic rings. The van der Waals surface area contributed by atoms with E-state index in [9.17, 15) is 4.79 Å². The number of likely N-dealkylation sites (N-methyl/N-ethyl adjacent to an activating group) is 1. The van der Waals surface area contributed by atoms with Gasteiger partial charge in [0.2, 0.25) is 5.91 Å². The van der Waals surface area contributed by atoms with Gasteiger partial charge in [0, 0.05) is 24.0 Å². The molecule has 0 N–H and O–H groups in total. The van der Waals surface area contributed by atoms with Crippen LogP contribution in [0.5, 0.6) is 11.5 Å². The average Bonchev–Trinajstić information content (AvgIpc) is 3.11. The Balaban J connectivity index is 2.30. The van der Waals surface area contributed by atoms with E-state index in [0.717, 1.165) is 58.5 Å². The highest BCUT2D eigenvalue weighted by Gasteiger charge is 2.29. The number of fused-ring (bicyclic) bond motifs is 1. The molecule has 0 bridgehead atoms. The molecule has 1 atom stereocenters. The quantitative estimate of drug-likeness (QED) is 0.378. The Bertz CT molecular complexity index is 1050. The van der Waals surface area contributed by atoms with E-state index in [4.69, 9.17) is 9.47 Å². The molecule has 32 heavy (non-hydrogen) atoms. The molecule has 5 nitrogen and oxygen atoms in total. The Labute approximate surface area is 191 Å². The zero-order valence-electron chi connectivity index (χ0n) is 20.3. The van der Waals surface area contributed by atoms with Gasteiger partial charge < -0.3 is 18.9 Å². The molecule has 0 radical (unpaired) electrons. The highest BCUT2D eigenvalue weighted by atomic mass is 16.5. The van der Waals surface area contributed by atoms with Crippen LogP contribution in [0.2, 0.25) is 0 Å². The lowest BCUT2D eigenvalue weighted by atomic mass is 10.0. The van der Waals surface area contributed by atoms with Crippen LogP contribution in [0.3, 0.4) is 0 Å². The number of hydrogen-bond acceptors (Lipinski definition) is 3. The summed E-state index contributed by atoms with van der Waals surface area (Å²) in [6.07, 6.45) is 2.85. The van der Waals surface area contributed by atoms with Crippen molar-refractivity contribution in [3.05, 3.63) is 48.0 Å². The van der Waals surface area contributed by atoms with Gasteiger partial charge in [0.05, 0.1) is 19.9 Å². The first-order chi connectivity index (χ1) is 15.5. The SMILES string of the molecule is CCCCC(C(=O)N(CC)CC)n1c(-c2ccc(OC)cc2)c(C)c2cc(OC)ccc21. The zero-order valence-corrected chi connectivity index (χ0v) is 20.3. The molecule has 0 fully saturated rings. The molecule has 0 saturated heterocycles. The number of unbranched alkanes of at least 4 members (excludes halogenated alkanes) is 1. The number of amides is 1. The molecule has 3 rings (SSSR count). The predicted octanol–water partition coefficient (Wildman–Crippen LogP) is 6.23. The third-order valence-electron chi connectivity index (χ3n) is 6.33. The Kier molecular flexibility index (Phi) is 7.84. The van der Waals surface area contributed by atoms with Crippen LogP contribution in [0, 0.1) is 6.92 Å². The summed E-state index contributed by atoms with van der Waals surface area (Å²) in [6.45, 7) is 9.83. The van der Waals surface area contributed by atoms with Crippen LogP contribution in [0.1, 0.15) is 51.6 Å². The van der Waals surface area contributed by atoms with Gasteiger partial charge in [0.1, 0.15) is 17.5 Å². The Hall–Kier alpha value is -2.95. The lowest BCUT2D eigenvalue weighted by Gasteiger charge is -2.28. The molecule has 0 saturated carbocycles. The fourth-order valence-electron chi connectivity index (χ4n) is 4.52. The monoisotopic (exact) mass is 436 g/mol. The van der Waals surface area contributed by atoms with Crippen molar-refractivity contribution in [2.24, 2.45) is 0 Å². The highest BCUT2D eigenvalue weighted by Crippen LogP contribution is 2.39. The number of rotatable bonds is 10. The Morgan fingerprint density at radius 3 is 2.16 bits per heavy atom. The molecule has 2 aromatic carbocycles. The van der Waals surface area contributed by atoms with Crippen molar-refractivity contribution in [2.45, 2.75) is 53.0 Å². The van der Waals surface area contributed by atoms with E-state index >= 15 is 0 Å². The molecule has 0 aliphatic rings. The highest BCUT2D eigenvalue weighted by molar-refractivity contribution is 5.95. The number of methoxy groups -OCH3 is 2. The maximum Gasteiger partial charge on any atom is 0.245 e. The van der Waals surface area contributed by atoms with Crippen LogP contribution >= 0.6 is 0 Å². The third-order valence-corrected chi connectivity index (χ3v) is 6.33. The predicted molar refractivity (Wildman–Crippen MR) is 132 cm³/mol. The van der Waals surface area contributed by atoms with Gasteiger partial charge in [-0.1, -0.05) is 19.8 Å². The second-order valence-corrected chi connectivity index (χ2v) is 8.12. The summed E-state index contributed by atoms with van der Waals surface area (Å²) in [4.78, 5) is 15.7. The number of benzene rings is 2. The summed E-state index contributed by atoms with van der Waals surface area (Å²) in [7, 11) is 3.36. The minimum atomic E-state index is -0.253. The number of carbonyl (C=O) groups excluding carboxylic acids is 1. The first-order valence-corrected chi connectivity index (χ1v) is 11.6. The fourth-order valence-corrected chi connectivity index (χ4v) is 4.52. The molecule has 1 amide bonds. The molecular formula is C27H36N2O3. The van der Waals surface area contributed by atoms with Crippen molar-refractivity contribution in [2.75, 3.05) is 27.3 Å². The molecule has 0 aliphatic carbocycles. The van der Waals surface area contributed by atoms with E-state index in [2.05, 4.69) is 42.7 Å². The van der Waals surface area contributed by atoms with Gasteiger partial charge in [-0.25, -0.2) is 0 Å². The van der Waals surface area contributed by atoms with Crippen molar-refractivity contribution < 1.29 is 14.3 Å². The van der Waals surface area contributed by atoms with Gasteiger partial charge in [-0.2, -0.15) is 0 Å². The Morgan fingerprint density at radius 2 is 1.59 bits per heavy atom. The molecule has 0 spiro atoms. The van der Waals surface area contributed by atoms with E-state index in [1.54, 1.807) is 14.2 Å². The first-order valence-electron chi connectivity index (χ1n) is 11.6. The minimum Gasteiger partial charge on any atom is -0.497 e. The van der Waals surface area contributed by atoms with Crippen molar-refractivity contribution >= 4 is 16.8 Å². The number of ether oxygens (including phenoxy) is 2. The number of hydrogen-bond donors (Lipinski definition) is 0. The van der Waals surface area contributed by atoms with Gasteiger partial charge in [0.15, 0.2) is 0 Å². The average molecular weight is 437 g/mol. The first kappa shape index (κ1) is 23.7. The summed E-state index contributed by atoms with van der Waals surface area (Å²) >= 11 is 0. The largest absolute Gasteiger partial charge is 0.497 e. The van der Waals surface area contributed by atoms with Crippen LogP contribution < -0.4 is 9.47 Å². The van der Waals surface area contributed by atoms with Crippen LogP contribution in [-0.2, 0) is 4.79 Å². The van der Waals surface area contributed by atoms with Gasteiger partial charge in [-0.05, 0) is 80.8 Å². The number of aryl methyl sites for hydroxylation is 1. The standard InChI is InChI=1S/C27H36N2O3/c1-7-10-11-25(27(30)28(8-2)9-3)29-24-17-16-22(32-6)18-23(24)19(4)26(29)20-12-14-21(31-5)15-13-20/h12-18,25H,7-11H2,1-6H3. The summed E-state index contributed by atoms with van der Waals surface area (Å²) in [5.41, 5.74) is 4.37. The molecule has 1 unspecified atom stereocenters. The van der Waals surface area contributed by atoms with E-state index in [0.29, 0.717) is 13.1 Å². The summed E-state index contributed by atoms with van der Waals surface area (Å²) in [6, 6.07) is 14.0. The maximum atomic E-state index is 13.7. The number of nitrogens with zero attached hydrogens (tertiary/aromatic N) is 2. The summed E-state index contributed by atoms with van der Waals surface area (Å²) in [5.74, 6) is 1.82. The summed E-state index contributed by atoms with van der Waals surface area (Å²) < 4.78 is 13.1. The van der Waals surface area contributed by atoms with Crippen molar-refractivity contribution in [1.29, 1.82) is 0 Å². The molecule has 1 aromatic heterocycles. The fraction of sp³-hybridized carbons (Fsp3) is 0.444. The lowest BCUT2D eigenvalue weighted by molar-refractivity contribution is -0.134. The smallest absolute Gasteiger partial charge is 0.245 e.